The Hall–Kier alpha value is -4.34. The molecule has 0 atom stereocenters. The van der Waals surface area contributed by atoms with E-state index in [4.69, 9.17) is 14.6 Å². The first-order valence-corrected chi connectivity index (χ1v) is 10.9. The Kier molecular flexibility index (Phi) is 7.95. The van der Waals surface area contributed by atoms with Crippen LogP contribution in [0.4, 0.5) is 11.5 Å². The normalized spacial score (nSPS) is 11.0. The van der Waals surface area contributed by atoms with E-state index >= 15 is 0 Å². The second-order valence-electron chi connectivity index (χ2n) is 7.53. The number of nitrogens with zero attached hydrogens (tertiary/aromatic N) is 3. The molecule has 35 heavy (non-hydrogen) atoms. The molecule has 0 radical (unpaired) electrons. The molecule has 4 rings (SSSR count). The minimum Gasteiger partial charge on any atom is -0.456 e. The van der Waals surface area contributed by atoms with E-state index in [2.05, 4.69) is 25.6 Å². The van der Waals surface area contributed by atoms with Crippen molar-refractivity contribution in [1.29, 1.82) is 0 Å². The second-order valence-corrected chi connectivity index (χ2v) is 7.53. The zero-order valence-electron chi connectivity index (χ0n) is 19.1. The molecule has 2 aromatic carbocycles. The number of aliphatic hydroxyl groups excluding tert-OH is 1. The van der Waals surface area contributed by atoms with Gasteiger partial charge in [-0.2, -0.15) is 0 Å². The number of nitrogens with one attached hydrogen (secondary N) is 2. The first-order chi connectivity index (χ1) is 17.1. The first-order valence-electron chi connectivity index (χ1n) is 10.9. The fraction of sp³-hybridized carbons (Fsp3) is 0.154. The number of hydrogen-bond acceptors (Lipinski definition) is 8. The third kappa shape index (κ3) is 6.59. The number of fused-ring (bicyclic) bond motifs is 1. The monoisotopic (exact) mass is 471 g/mol. The van der Waals surface area contributed by atoms with Crippen LogP contribution in [0.15, 0.2) is 73.2 Å². The molecule has 0 unspecified atom stereocenters. The highest BCUT2D eigenvalue weighted by Gasteiger charge is 2.06. The van der Waals surface area contributed by atoms with Crippen LogP contribution < -0.4 is 15.4 Å². The summed E-state index contributed by atoms with van der Waals surface area (Å²) >= 11 is 0. The van der Waals surface area contributed by atoms with E-state index in [1.807, 2.05) is 54.6 Å². The van der Waals surface area contributed by atoms with Crippen molar-refractivity contribution in [3.63, 3.8) is 0 Å². The molecule has 1 amide bonds. The number of carbonyl (C=O) groups excluding carboxylic acids is 1. The van der Waals surface area contributed by atoms with E-state index in [-0.39, 0.29) is 19.1 Å². The molecule has 0 fully saturated rings. The lowest BCUT2D eigenvalue weighted by Gasteiger charge is -2.10. The van der Waals surface area contributed by atoms with Gasteiger partial charge in [-0.15, -0.1) is 0 Å². The largest absolute Gasteiger partial charge is 0.456 e. The highest BCUT2D eigenvalue weighted by atomic mass is 16.5. The van der Waals surface area contributed by atoms with E-state index in [0.717, 1.165) is 22.2 Å². The molecule has 3 N–H and O–H groups in total. The Morgan fingerprint density at radius 3 is 2.60 bits per heavy atom. The topological polar surface area (TPSA) is 118 Å². The number of rotatable bonds is 10. The van der Waals surface area contributed by atoms with Gasteiger partial charge in [0.05, 0.1) is 24.0 Å². The van der Waals surface area contributed by atoms with Crippen LogP contribution in [0.3, 0.4) is 0 Å². The highest BCUT2D eigenvalue weighted by Crippen LogP contribution is 2.27. The molecular formula is C26H25N5O4. The maximum Gasteiger partial charge on any atom is 0.246 e. The van der Waals surface area contributed by atoms with Gasteiger partial charge in [0, 0.05) is 24.7 Å². The van der Waals surface area contributed by atoms with Crippen molar-refractivity contribution in [3.05, 3.63) is 84.5 Å². The molecule has 9 heteroatoms. The van der Waals surface area contributed by atoms with E-state index in [9.17, 15) is 4.79 Å². The van der Waals surface area contributed by atoms with Gasteiger partial charge < -0.3 is 25.2 Å². The summed E-state index contributed by atoms with van der Waals surface area (Å²) in [7, 11) is 1.48. The average molecular weight is 472 g/mol. The predicted octanol–water partition coefficient (Wildman–Crippen LogP) is 3.83. The van der Waals surface area contributed by atoms with Crippen molar-refractivity contribution in [2.75, 3.05) is 25.6 Å². The van der Waals surface area contributed by atoms with Gasteiger partial charge in [0.2, 0.25) is 5.91 Å². The van der Waals surface area contributed by atoms with Crippen LogP contribution in [-0.4, -0.2) is 46.2 Å². The van der Waals surface area contributed by atoms with E-state index in [1.165, 1.54) is 13.4 Å². The Morgan fingerprint density at radius 2 is 1.86 bits per heavy atom. The number of aliphatic hydroxyl groups is 1. The van der Waals surface area contributed by atoms with Crippen molar-refractivity contribution >= 4 is 34.4 Å². The Morgan fingerprint density at radius 1 is 1.03 bits per heavy atom. The van der Waals surface area contributed by atoms with E-state index in [1.54, 1.807) is 18.3 Å². The van der Waals surface area contributed by atoms with Gasteiger partial charge in [0.15, 0.2) is 0 Å². The molecule has 0 aliphatic heterocycles. The summed E-state index contributed by atoms with van der Waals surface area (Å²) in [6.07, 6.45) is 6.89. The Bertz CT molecular complexity index is 1310. The summed E-state index contributed by atoms with van der Waals surface area (Å²) in [6.45, 7) is 0.341. The summed E-state index contributed by atoms with van der Waals surface area (Å²) in [4.78, 5) is 24.3. The summed E-state index contributed by atoms with van der Waals surface area (Å²) in [5.74, 6) is 1.76. The van der Waals surface area contributed by atoms with Gasteiger partial charge in [0.1, 0.15) is 30.3 Å². The van der Waals surface area contributed by atoms with Crippen molar-refractivity contribution in [1.82, 2.24) is 20.3 Å². The quantitative estimate of drug-likeness (QED) is 0.319. The van der Waals surface area contributed by atoms with Crippen LogP contribution in [-0.2, 0) is 16.1 Å². The average Bonchev–Trinajstić information content (AvgIpc) is 2.89. The summed E-state index contributed by atoms with van der Waals surface area (Å²) in [5.41, 5.74) is 3.20. The van der Waals surface area contributed by atoms with Gasteiger partial charge in [-0.25, -0.2) is 9.97 Å². The number of carbonyl (C=O) groups is 1. The maximum atomic E-state index is 11.5. The summed E-state index contributed by atoms with van der Waals surface area (Å²) in [5, 5.41) is 16.0. The fourth-order valence-electron chi connectivity index (χ4n) is 3.27. The zero-order chi connectivity index (χ0) is 24.5. The lowest BCUT2D eigenvalue weighted by atomic mass is 10.1. The van der Waals surface area contributed by atoms with Gasteiger partial charge >= 0.3 is 0 Å². The molecule has 0 saturated carbocycles. The molecule has 4 aromatic rings. The summed E-state index contributed by atoms with van der Waals surface area (Å²) in [6, 6.07) is 16.8. The minimum atomic E-state index is -0.164. The van der Waals surface area contributed by atoms with Crippen LogP contribution in [0.1, 0.15) is 11.3 Å². The van der Waals surface area contributed by atoms with Crippen LogP contribution in [0.5, 0.6) is 11.5 Å². The molecular weight excluding hydrogens is 446 g/mol. The molecule has 0 aliphatic rings. The lowest BCUT2D eigenvalue weighted by molar-refractivity contribution is -0.124. The number of ether oxygens (including phenoxy) is 2. The molecule has 2 heterocycles. The molecule has 9 nitrogen and oxygen atoms in total. The predicted molar refractivity (Wildman–Crippen MR) is 133 cm³/mol. The van der Waals surface area contributed by atoms with Gasteiger partial charge in [-0.3, -0.25) is 9.78 Å². The van der Waals surface area contributed by atoms with Crippen molar-refractivity contribution in [3.8, 4) is 11.5 Å². The molecule has 0 aliphatic carbocycles. The zero-order valence-corrected chi connectivity index (χ0v) is 19.1. The number of amides is 1. The van der Waals surface area contributed by atoms with Crippen LogP contribution >= 0.6 is 0 Å². The first kappa shape index (κ1) is 23.8. The van der Waals surface area contributed by atoms with Gasteiger partial charge in [-0.05, 0) is 54.1 Å². The fourth-order valence-corrected chi connectivity index (χ4v) is 3.27. The lowest BCUT2D eigenvalue weighted by Crippen LogP contribution is -2.26. The van der Waals surface area contributed by atoms with Crippen LogP contribution in [0.25, 0.3) is 17.0 Å². The third-order valence-corrected chi connectivity index (χ3v) is 4.97. The molecule has 2 aromatic heterocycles. The number of methoxy groups -OCH3 is 1. The number of anilines is 2. The molecule has 178 valence electrons. The highest BCUT2D eigenvalue weighted by molar-refractivity contribution is 5.92. The standard InChI is InChI=1S/C26H25N5O4/c1-34-16-25(33)27-12-2-3-18-4-11-24-23(13-18)26(30-17-29-24)31-19-5-8-21(9-6-19)35-22-10-7-20(15-32)28-14-22/h2-11,13-14,17,32H,12,15-16H2,1H3,(H,27,33)(H,29,30,31)/b3-2+. The Balaban J connectivity index is 1.44. The van der Waals surface area contributed by atoms with E-state index < -0.39 is 0 Å². The molecule has 0 bridgehead atoms. The van der Waals surface area contributed by atoms with Gasteiger partial charge in [-0.1, -0.05) is 18.2 Å². The number of benzene rings is 2. The van der Waals surface area contributed by atoms with Crippen molar-refractivity contribution < 1.29 is 19.4 Å². The second kappa shape index (κ2) is 11.7. The van der Waals surface area contributed by atoms with E-state index in [0.29, 0.717) is 29.6 Å². The maximum absolute atomic E-state index is 11.5. The number of aromatic nitrogens is 3. The van der Waals surface area contributed by atoms with Crippen molar-refractivity contribution in [2.24, 2.45) is 0 Å². The third-order valence-electron chi connectivity index (χ3n) is 4.97. The number of pyridine rings is 1. The SMILES string of the molecule is COCC(=O)NC/C=C/c1ccc2ncnc(Nc3ccc(Oc4ccc(CO)nc4)cc3)c2c1. The van der Waals surface area contributed by atoms with Crippen LogP contribution in [0.2, 0.25) is 0 Å². The smallest absolute Gasteiger partial charge is 0.246 e. The number of hydrogen-bond donors (Lipinski definition) is 3. The Labute approximate surface area is 202 Å². The van der Waals surface area contributed by atoms with Gasteiger partial charge in [0.25, 0.3) is 0 Å². The van der Waals surface area contributed by atoms with Crippen LogP contribution in [0, 0.1) is 0 Å². The van der Waals surface area contributed by atoms with Crippen molar-refractivity contribution in [2.45, 2.75) is 6.61 Å². The molecule has 0 spiro atoms. The molecule has 0 saturated heterocycles. The minimum absolute atomic E-state index is 0.0399. The summed E-state index contributed by atoms with van der Waals surface area (Å²) < 4.78 is 10.6.